The van der Waals surface area contributed by atoms with Crippen molar-refractivity contribution in [3.8, 4) is 0 Å². The van der Waals surface area contributed by atoms with Crippen LogP contribution in [0.4, 0.5) is 5.69 Å². The van der Waals surface area contributed by atoms with Gasteiger partial charge in [0.25, 0.3) is 0 Å². The largest absolute Gasteiger partial charge is 0.383 e. The Labute approximate surface area is 114 Å². The third-order valence-electron chi connectivity index (χ3n) is 2.83. The standard InChI is InChI=1S/C13H22N4O2/c1-10(9-19-3)17(6-7-18-2)11-4-5-12(13(14)15)16-8-11/h4-5,8,10H,6-7,9H2,1-3H3,(H3,14,15). The van der Waals surface area contributed by atoms with Gasteiger partial charge in [-0.3, -0.25) is 10.4 Å². The third-order valence-corrected chi connectivity index (χ3v) is 2.83. The van der Waals surface area contributed by atoms with Gasteiger partial charge in [0.05, 0.1) is 25.1 Å². The summed E-state index contributed by atoms with van der Waals surface area (Å²) >= 11 is 0. The van der Waals surface area contributed by atoms with Crippen molar-refractivity contribution in [1.29, 1.82) is 5.41 Å². The van der Waals surface area contributed by atoms with Crippen LogP contribution in [0.2, 0.25) is 0 Å². The number of amidine groups is 1. The fraction of sp³-hybridized carbons (Fsp3) is 0.538. The molecule has 1 atom stereocenters. The number of hydrogen-bond acceptors (Lipinski definition) is 5. The number of ether oxygens (including phenoxy) is 2. The number of nitrogens with zero attached hydrogens (tertiary/aromatic N) is 2. The van der Waals surface area contributed by atoms with Gasteiger partial charge in [0, 0.05) is 26.8 Å². The van der Waals surface area contributed by atoms with Crippen molar-refractivity contribution in [3.63, 3.8) is 0 Å². The van der Waals surface area contributed by atoms with Crippen LogP contribution in [0, 0.1) is 5.41 Å². The fourth-order valence-corrected chi connectivity index (χ4v) is 1.84. The first-order chi connectivity index (χ1) is 9.10. The zero-order valence-corrected chi connectivity index (χ0v) is 11.7. The highest BCUT2D eigenvalue weighted by Crippen LogP contribution is 2.16. The lowest BCUT2D eigenvalue weighted by Crippen LogP contribution is -2.38. The topological polar surface area (TPSA) is 84.5 Å². The van der Waals surface area contributed by atoms with Crippen molar-refractivity contribution in [3.05, 3.63) is 24.0 Å². The van der Waals surface area contributed by atoms with Gasteiger partial charge < -0.3 is 20.1 Å². The number of hydrogen-bond donors (Lipinski definition) is 2. The monoisotopic (exact) mass is 266 g/mol. The summed E-state index contributed by atoms with van der Waals surface area (Å²) in [6.07, 6.45) is 1.72. The summed E-state index contributed by atoms with van der Waals surface area (Å²) in [5.41, 5.74) is 6.84. The summed E-state index contributed by atoms with van der Waals surface area (Å²) in [6, 6.07) is 3.87. The molecule has 0 radical (unpaired) electrons. The molecule has 1 unspecified atom stereocenters. The van der Waals surface area contributed by atoms with Crippen LogP contribution in [0.25, 0.3) is 0 Å². The van der Waals surface area contributed by atoms with Crippen LogP contribution < -0.4 is 10.6 Å². The molecule has 6 nitrogen and oxygen atoms in total. The van der Waals surface area contributed by atoms with E-state index in [2.05, 4.69) is 16.8 Å². The Bertz CT molecular complexity index is 394. The molecule has 0 aliphatic carbocycles. The van der Waals surface area contributed by atoms with Gasteiger partial charge in [0.2, 0.25) is 0 Å². The summed E-state index contributed by atoms with van der Waals surface area (Å²) < 4.78 is 10.3. The summed E-state index contributed by atoms with van der Waals surface area (Å²) in [7, 11) is 3.36. The Balaban J connectivity index is 2.86. The lowest BCUT2D eigenvalue weighted by molar-refractivity contribution is 0.171. The van der Waals surface area contributed by atoms with Gasteiger partial charge >= 0.3 is 0 Å². The van der Waals surface area contributed by atoms with Gasteiger partial charge in [-0.1, -0.05) is 0 Å². The molecule has 1 aromatic heterocycles. The molecular formula is C13H22N4O2. The first-order valence-corrected chi connectivity index (χ1v) is 6.15. The molecule has 19 heavy (non-hydrogen) atoms. The van der Waals surface area contributed by atoms with E-state index in [1.165, 1.54) is 0 Å². The SMILES string of the molecule is COCCN(c1ccc(C(=N)N)nc1)C(C)COC. The van der Waals surface area contributed by atoms with Crippen molar-refractivity contribution in [2.45, 2.75) is 13.0 Å². The van der Waals surface area contributed by atoms with Crippen LogP contribution in [0.3, 0.4) is 0 Å². The van der Waals surface area contributed by atoms with Gasteiger partial charge in [-0.25, -0.2) is 0 Å². The van der Waals surface area contributed by atoms with Crippen LogP contribution in [-0.2, 0) is 9.47 Å². The molecule has 0 saturated carbocycles. The highest BCUT2D eigenvalue weighted by molar-refractivity contribution is 5.93. The molecule has 3 N–H and O–H groups in total. The zero-order valence-electron chi connectivity index (χ0n) is 11.7. The highest BCUT2D eigenvalue weighted by Gasteiger charge is 2.14. The van der Waals surface area contributed by atoms with Crippen molar-refractivity contribution in [1.82, 2.24) is 4.98 Å². The molecule has 0 aliphatic rings. The molecule has 6 heteroatoms. The Morgan fingerprint density at radius 3 is 2.63 bits per heavy atom. The fourth-order valence-electron chi connectivity index (χ4n) is 1.84. The molecule has 0 amide bonds. The second-order valence-corrected chi connectivity index (χ2v) is 4.31. The van der Waals surface area contributed by atoms with Crippen molar-refractivity contribution in [2.24, 2.45) is 5.73 Å². The van der Waals surface area contributed by atoms with E-state index >= 15 is 0 Å². The van der Waals surface area contributed by atoms with Gasteiger partial charge in [0.15, 0.2) is 0 Å². The van der Waals surface area contributed by atoms with Crippen LogP contribution in [0.15, 0.2) is 18.3 Å². The predicted octanol–water partition coefficient (Wildman–Crippen LogP) is 0.853. The van der Waals surface area contributed by atoms with E-state index in [0.29, 0.717) is 18.9 Å². The Hall–Kier alpha value is -1.66. The maximum atomic E-state index is 7.34. The maximum absolute atomic E-state index is 7.34. The molecule has 1 rings (SSSR count). The molecular weight excluding hydrogens is 244 g/mol. The number of nitrogen functional groups attached to an aromatic ring is 1. The average molecular weight is 266 g/mol. The van der Waals surface area contributed by atoms with Gasteiger partial charge in [-0.05, 0) is 19.1 Å². The van der Waals surface area contributed by atoms with E-state index in [1.807, 2.05) is 6.07 Å². The van der Waals surface area contributed by atoms with Crippen LogP contribution in [0.5, 0.6) is 0 Å². The molecule has 106 valence electrons. The number of anilines is 1. The predicted molar refractivity (Wildman–Crippen MR) is 75.8 cm³/mol. The minimum Gasteiger partial charge on any atom is -0.383 e. The minimum absolute atomic E-state index is 0.0278. The van der Waals surface area contributed by atoms with E-state index in [1.54, 1.807) is 26.5 Å². The normalized spacial score (nSPS) is 12.2. The summed E-state index contributed by atoms with van der Waals surface area (Å²) in [6.45, 7) is 4.08. The quantitative estimate of drug-likeness (QED) is 0.538. The third kappa shape index (κ3) is 4.50. The zero-order chi connectivity index (χ0) is 14.3. The number of methoxy groups -OCH3 is 2. The van der Waals surface area contributed by atoms with E-state index in [9.17, 15) is 0 Å². The van der Waals surface area contributed by atoms with Crippen LogP contribution >= 0.6 is 0 Å². The van der Waals surface area contributed by atoms with Gasteiger partial charge in [0.1, 0.15) is 11.5 Å². The lowest BCUT2D eigenvalue weighted by atomic mass is 10.2. The van der Waals surface area contributed by atoms with Crippen molar-refractivity contribution >= 4 is 11.5 Å². The second kappa shape index (κ2) is 7.70. The van der Waals surface area contributed by atoms with E-state index < -0.39 is 0 Å². The Kier molecular flexibility index (Phi) is 6.24. The van der Waals surface area contributed by atoms with Crippen molar-refractivity contribution in [2.75, 3.05) is 38.9 Å². The number of nitrogens with one attached hydrogen (secondary N) is 1. The smallest absolute Gasteiger partial charge is 0.141 e. The molecule has 0 saturated heterocycles. The molecule has 0 fully saturated rings. The van der Waals surface area contributed by atoms with E-state index in [4.69, 9.17) is 20.6 Å². The average Bonchev–Trinajstić information content (AvgIpc) is 2.40. The van der Waals surface area contributed by atoms with Crippen LogP contribution in [0.1, 0.15) is 12.6 Å². The highest BCUT2D eigenvalue weighted by atomic mass is 16.5. The molecule has 1 aromatic rings. The number of aromatic nitrogens is 1. The lowest BCUT2D eigenvalue weighted by Gasteiger charge is -2.30. The van der Waals surface area contributed by atoms with Gasteiger partial charge in [-0.15, -0.1) is 0 Å². The first-order valence-electron chi connectivity index (χ1n) is 6.15. The minimum atomic E-state index is -0.0278. The molecule has 0 aliphatic heterocycles. The number of pyridine rings is 1. The maximum Gasteiger partial charge on any atom is 0.141 e. The first kappa shape index (κ1) is 15.4. The summed E-state index contributed by atoms with van der Waals surface area (Å²) in [4.78, 5) is 6.33. The van der Waals surface area contributed by atoms with Crippen LogP contribution in [-0.4, -0.2) is 50.8 Å². The molecule has 1 heterocycles. The molecule has 0 aromatic carbocycles. The molecule has 0 spiro atoms. The van der Waals surface area contributed by atoms with E-state index in [-0.39, 0.29) is 11.9 Å². The summed E-state index contributed by atoms with van der Waals surface area (Å²) in [5, 5.41) is 7.34. The number of rotatable bonds is 8. The Morgan fingerprint density at radius 2 is 2.16 bits per heavy atom. The second-order valence-electron chi connectivity index (χ2n) is 4.31. The summed E-state index contributed by atoms with van der Waals surface area (Å²) in [5.74, 6) is -0.0278. The van der Waals surface area contributed by atoms with Gasteiger partial charge in [-0.2, -0.15) is 0 Å². The van der Waals surface area contributed by atoms with E-state index in [0.717, 1.165) is 12.2 Å². The Morgan fingerprint density at radius 1 is 1.42 bits per heavy atom. The molecule has 0 bridgehead atoms. The van der Waals surface area contributed by atoms with Crippen molar-refractivity contribution < 1.29 is 9.47 Å². The number of nitrogens with two attached hydrogens (primary N) is 1.